The first-order chi connectivity index (χ1) is 14.2. The molecule has 6 nitrogen and oxygen atoms in total. The quantitative estimate of drug-likeness (QED) is 0.244. The van der Waals surface area contributed by atoms with Crippen LogP contribution >= 0.6 is 24.0 Å². The number of amides is 1. The summed E-state index contributed by atoms with van der Waals surface area (Å²) in [6.45, 7) is 13.3. The molecular weight excluding hydrogens is 489 g/mol. The highest BCUT2D eigenvalue weighted by atomic mass is 127. The molecular formula is C23H38IN5O. The summed E-state index contributed by atoms with van der Waals surface area (Å²) in [6, 6.07) is 8.86. The maximum Gasteiger partial charge on any atom is 0.227 e. The summed E-state index contributed by atoms with van der Waals surface area (Å²) in [5, 5.41) is 3.44. The van der Waals surface area contributed by atoms with Crippen molar-refractivity contribution >= 4 is 41.5 Å². The second kappa shape index (κ2) is 12.5. The van der Waals surface area contributed by atoms with Gasteiger partial charge in [-0.25, -0.2) is 0 Å². The Labute approximate surface area is 199 Å². The Morgan fingerprint density at radius 1 is 1.20 bits per heavy atom. The number of carbonyl (C=O) groups excluding carboxylic acids is 1. The van der Waals surface area contributed by atoms with E-state index in [0.29, 0.717) is 19.0 Å². The summed E-state index contributed by atoms with van der Waals surface area (Å²) in [7, 11) is 0. The van der Waals surface area contributed by atoms with Crippen molar-refractivity contribution in [2.24, 2.45) is 4.99 Å². The summed E-state index contributed by atoms with van der Waals surface area (Å²) >= 11 is 0. The van der Waals surface area contributed by atoms with Gasteiger partial charge in [-0.05, 0) is 50.9 Å². The fourth-order valence-corrected chi connectivity index (χ4v) is 4.55. The molecule has 7 heteroatoms. The zero-order valence-corrected chi connectivity index (χ0v) is 21.1. The number of rotatable bonds is 8. The zero-order valence-electron chi connectivity index (χ0n) is 18.8. The predicted molar refractivity (Wildman–Crippen MR) is 136 cm³/mol. The fraction of sp³-hybridized carbons (Fsp3) is 0.652. The number of hydrogen-bond donors (Lipinski definition) is 1. The normalized spacial score (nSPS) is 18.5. The Kier molecular flexibility index (Phi) is 10.4. The van der Waals surface area contributed by atoms with Crippen molar-refractivity contribution in [2.75, 3.05) is 50.7 Å². The van der Waals surface area contributed by atoms with Gasteiger partial charge in [0, 0.05) is 50.9 Å². The molecule has 1 N–H and O–H groups in total. The van der Waals surface area contributed by atoms with Gasteiger partial charge in [0.25, 0.3) is 0 Å². The van der Waals surface area contributed by atoms with Crippen molar-refractivity contribution in [1.82, 2.24) is 15.1 Å². The fourth-order valence-electron chi connectivity index (χ4n) is 4.55. The van der Waals surface area contributed by atoms with Gasteiger partial charge in [0.2, 0.25) is 5.91 Å². The van der Waals surface area contributed by atoms with Gasteiger partial charge >= 0.3 is 0 Å². The van der Waals surface area contributed by atoms with Crippen LogP contribution < -0.4 is 10.2 Å². The summed E-state index contributed by atoms with van der Waals surface area (Å²) in [5.41, 5.74) is 2.37. The van der Waals surface area contributed by atoms with Crippen LogP contribution in [0.3, 0.4) is 0 Å². The first-order valence-corrected chi connectivity index (χ1v) is 11.3. The van der Waals surface area contributed by atoms with Gasteiger partial charge in [-0.3, -0.25) is 14.7 Å². The average molecular weight is 527 g/mol. The topological polar surface area (TPSA) is 51.2 Å². The molecule has 0 aromatic heterocycles. The Balaban J connectivity index is 0.00000320. The molecule has 1 amide bonds. The van der Waals surface area contributed by atoms with E-state index in [9.17, 15) is 4.79 Å². The second-order valence-corrected chi connectivity index (χ2v) is 7.87. The number of aliphatic imine (C=N–C) groups is 1. The number of carbonyl (C=O) groups is 1. The number of benzene rings is 1. The van der Waals surface area contributed by atoms with Crippen molar-refractivity contribution < 1.29 is 4.79 Å². The monoisotopic (exact) mass is 527 g/mol. The van der Waals surface area contributed by atoms with Crippen LogP contribution in [-0.2, 0) is 11.2 Å². The zero-order chi connectivity index (χ0) is 20.6. The van der Waals surface area contributed by atoms with E-state index in [1.807, 2.05) is 17.0 Å². The molecule has 1 aromatic carbocycles. The minimum atomic E-state index is 0. The smallest absolute Gasteiger partial charge is 0.227 e. The number of hydrogen-bond acceptors (Lipinski definition) is 3. The van der Waals surface area contributed by atoms with Crippen molar-refractivity contribution in [1.29, 1.82) is 0 Å². The molecule has 3 rings (SSSR count). The van der Waals surface area contributed by atoms with Crippen LogP contribution in [0.2, 0.25) is 0 Å². The van der Waals surface area contributed by atoms with Gasteiger partial charge < -0.3 is 15.1 Å². The minimum Gasteiger partial charge on any atom is -0.357 e. The van der Waals surface area contributed by atoms with Crippen LogP contribution in [0.1, 0.15) is 45.6 Å². The van der Waals surface area contributed by atoms with Crippen LogP contribution in [0.15, 0.2) is 29.3 Å². The SMILES string of the molecule is CCNC(=NCCCC(=O)N1CCc2ccccc21)N1CCC(N(CC)CC)C1.I. The summed E-state index contributed by atoms with van der Waals surface area (Å²) in [6.07, 6.45) is 3.51. The maximum absolute atomic E-state index is 12.7. The van der Waals surface area contributed by atoms with Crippen LogP contribution in [0.25, 0.3) is 0 Å². The van der Waals surface area contributed by atoms with E-state index in [0.717, 1.165) is 63.8 Å². The molecule has 168 valence electrons. The molecule has 2 heterocycles. The van der Waals surface area contributed by atoms with Gasteiger partial charge in [0.1, 0.15) is 0 Å². The number of halogens is 1. The van der Waals surface area contributed by atoms with E-state index in [-0.39, 0.29) is 29.9 Å². The standard InChI is InChI=1S/C23H37N5O.HI/c1-4-24-23(27-16-14-20(18-27)26(5-2)6-3)25-15-9-12-22(29)28-17-13-19-10-7-8-11-21(19)28;/h7-8,10-11,20H,4-6,9,12-18H2,1-3H3,(H,24,25);1H. The number of likely N-dealkylation sites (N-methyl/N-ethyl adjacent to an activating group) is 1. The Morgan fingerprint density at radius 2 is 1.97 bits per heavy atom. The maximum atomic E-state index is 12.7. The second-order valence-electron chi connectivity index (χ2n) is 7.87. The van der Waals surface area contributed by atoms with Crippen LogP contribution in [-0.4, -0.2) is 73.5 Å². The molecule has 30 heavy (non-hydrogen) atoms. The van der Waals surface area contributed by atoms with Crippen molar-refractivity contribution in [3.63, 3.8) is 0 Å². The highest BCUT2D eigenvalue weighted by Gasteiger charge is 2.28. The molecule has 1 aromatic rings. The Hall–Kier alpha value is -1.35. The third-order valence-corrected chi connectivity index (χ3v) is 6.13. The lowest BCUT2D eigenvalue weighted by molar-refractivity contribution is -0.118. The highest BCUT2D eigenvalue weighted by Crippen LogP contribution is 2.28. The Bertz CT molecular complexity index is 707. The Morgan fingerprint density at radius 3 is 2.70 bits per heavy atom. The molecule has 0 aliphatic carbocycles. The third-order valence-electron chi connectivity index (χ3n) is 6.13. The van der Waals surface area contributed by atoms with Crippen LogP contribution in [0.4, 0.5) is 5.69 Å². The van der Waals surface area contributed by atoms with Gasteiger partial charge in [-0.2, -0.15) is 0 Å². The highest BCUT2D eigenvalue weighted by molar-refractivity contribution is 14.0. The van der Waals surface area contributed by atoms with Gasteiger partial charge in [0.15, 0.2) is 5.96 Å². The number of nitrogens with one attached hydrogen (secondary N) is 1. The molecule has 1 fully saturated rings. The molecule has 1 unspecified atom stereocenters. The summed E-state index contributed by atoms with van der Waals surface area (Å²) in [4.78, 5) is 24.4. The molecule has 0 spiro atoms. The van der Waals surface area contributed by atoms with Gasteiger partial charge in [0.05, 0.1) is 0 Å². The molecule has 1 atom stereocenters. The van der Waals surface area contributed by atoms with Gasteiger partial charge in [-0.1, -0.05) is 32.0 Å². The molecule has 1 saturated heterocycles. The van der Waals surface area contributed by atoms with E-state index in [2.05, 4.69) is 48.0 Å². The molecule has 0 saturated carbocycles. The van der Waals surface area contributed by atoms with Crippen molar-refractivity contribution in [2.45, 2.75) is 52.5 Å². The lowest BCUT2D eigenvalue weighted by Crippen LogP contribution is -2.43. The lowest BCUT2D eigenvalue weighted by atomic mass is 10.2. The van der Waals surface area contributed by atoms with E-state index >= 15 is 0 Å². The van der Waals surface area contributed by atoms with Crippen molar-refractivity contribution in [3.8, 4) is 0 Å². The molecule has 0 bridgehead atoms. The number of fused-ring (bicyclic) bond motifs is 1. The van der Waals surface area contributed by atoms with E-state index in [1.165, 1.54) is 12.0 Å². The molecule has 2 aliphatic rings. The molecule has 0 radical (unpaired) electrons. The number of para-hydroxylation sites is 1. The van der Waals surface area contributed by atoms with Crippen LogP contribution in [0, 0.1) is 0 Å². The summed E-state index contributed by atoms with van der Waals surface area (Å²) < 4.78 is 0. The lowest BCUT2D eigenvalue weighted by Gasteiger charge is -2.27. The van der Waals surface area contributed by atoms with E-state index in [1.54, 1.807) is 0 Å². The number of anilines is 1. The van der Waals surface area contributed by atoms with Crippen molar-refractivity contribution in [3.05, 3.63) is 29.8 Å². The van der Waals surface area contributed by atoms with Crippen LogP contribution in [0.5, 0.6) is 0 Å². The predicted octanol–water partition coefficient (Wildman–Crippen LogP) is 3.36. The third kappa shape index (κ3) is 6.09. The minimum absolute atomic E-state index is 0. The van der Waals surface area contributed by atoms with E-state index < -0.39 is 0 Å². The number of likely N-dealkylation sites (tertiary alicyclic amines) is 1. The van der Waals surface area contributed by atoms with E-state index in [4.69, 9.17) is 4.99 Å². The first-order valence-electron chi connectivity index (χ1n) is 11.3. The number of nitrogens with zero attached hydrogens (tertiary/aromatic N) is 4. The molecule has 2 aliphatic heterocycles. The first kappa shape index (κ1) is 24.9. The van der Waals surface area contributed by atoms with Gasteiger partial charge in [-0.15, -0.1) is 24.0 Å². The summed E-state index contributed by atoms with van der Waals surface area (Å²) in [5.74, 6) is 1.22. The number of guanidine groups is 1. The largest absolute Gasteiger partial charge is 0.357 e. The average Bonchev–Trinajstić information content (AvgIpc) is 3.39.